The fourth-order valence-corrected chi connectivity index (χ4v) is 2.25. The fourth-order valence-electron chi connectivity index (χ4n) is 2.25. The number of ether oxygens (including phenoxy) is 1. The zero-order valence-electron chi connectivity index (χ0n) is 12.7. The van der Waals surface area contributed by atoms with Crippen molar-refractivity contribution in [1.82, 2.24) is 15.0 Å². The molecule has 0 fully saturated rings. The van der Waals surface area contributed by atoms with Gasteiger partial charge in [-0.25, -0.2) is 4.68 Å². The van der Waals surface area contributed by atoms with Gasteiger partial charge in [-0.15, -0.1) is 5.10 Å². The van der Waals surface area contributed by atoms with Crippen LogP contribution in [0.4, 0.5) is 5.69 Å². The molecule has 0 radical (unpaired) electrons. The topological polar surface area (TPSA) is 109 Å². The molecule has 1 aromatic carbocycles. The molecule has 0 aliphatic rings. The summed E-state index contributed by atoms with van der Waals surface area (Å²) >= 11 is 0. The van der Waals surface area contributed by atoms with E-state index in [0.29, 0.717) is 11.4 Å². The lowest BCUT2D eigenvalue weighted by Gasteiger charge is -2.08. The van der Waals surface area contributed by atoms with E-state index in [2.05, 4.69) is 17.2 Å². The lowest BCUT2D eigenvalue weighted by atomic mass is 10.1. The van der Waals surface area contributed by atoms with Crippen LogP contribution in [0, 0.1) is 10.1 Å². The summed E-state index contributed by atoms with van der Waals surface area (Å²) < 4.78 is 6.63. The van der Waals surface area contributed by atoms with E-state index in [4.69, 9.17) is 10.5 Å². The largest absolute Gasteiger partial charge is 0.490 e. The Labute approximate surface area is 128 Å². The van der Waals surface area contributed by atoms with Crippen LogP contribution in [0.25, 0.3) is 5.69 Å². The molecule has 2 N–H and O–H groups in total. The van der Waals surface area contributed by atoms with Gasteiger partial charge >= 0.3 is 5.69 Å². The van der Waals surface area contributed by atoms with Gasteiger partial charge in [-0.2, -0.15) is 0 Å². The molecule has 0 bridgehead atoms. The quantitative estimate of drug-likeness (QED) is 0.619. The maximum Gasteiger partial charge on any atom is 0.313 e. The van der Waals surface area contributed by atoms with E-state index in [9.17, 15) is 10.1 Å². The Kier molecular flexibility index (Phi) is 5.05. The van der Waals surface area contributed by atoms with Gasteiger partial charge in [-0.1, -0.05) is 18.6 Å². The van der Waals surface area contributed by atoms with E-state index in [-0.39, 0.29) is 18.0 Å². The minimum Gasteiger partial charge on any atom is -0.490 e. The van der Waals surface area contributed by atoms with Crippen molar-refractivity contribution in [2.45, 2.75) is 32.7 Å². The smallest absolute Gasteiger partial charge is 0.313 e. The van der Waals surface area contributed by atoms with E-state index in [1.54, 1.807) is 16.8 Å². The molecule has 0 unspecified atom stereocenters. The second-order valence-corrected chi connectivity index (χ2v) is 4.82. The third-order valence-electron chi connectivity index (χ3n) is 3.41. The summed E-state index contributed by atoms with van der Waals surface area (Å²) in [5, 5.41) is 19.3. The van der Waals surface area contributed by atoms with Crippen LogP contribution in [-0.4, -0.2) is 27.0 Å². The van der Waals surface area contributed by atoms with Gasteiger partial charge in [0.05, 0.1) is 29.1 Å². The number of unbranched alkanes of at least 4 members (excludes halogenated alkanes) is 1. The van der Waals surface area contributed by atoms with Gasteiger partial charge in [0, 0.05) is 12.6 Å². The Morgan fingerprint density at radius 1 is 1.45 bits per heavy atom. The van der Waals surface area contributed by atoms with Crippen LogP contribution in [0.1, 0.15) is 31.2 Å². The number of rotatable bonds is 7. The number of nitro groups is 1. The monoisotopic (exact) mass is 305 g/mol. The molecule has 0 amide bonds. The molecule has 2 rings (SSSR count). The molecule has 0 aliphatic carbocycles. The number of methoxy groups -OCH3 is 1. The number of nitrogens with zero attached hydrogens (tertiary/aromatic N) is 4. The van der Waals surface area contributed by atoms with Crippen LogP contribution in [0.3, 0.4) is 0 Å². The highest BCUT2D eigenvalue weighted by atomic mass is 16.6. The second-order valence-electron chi connectivity index (χ2n) is 4.82. The van der Waals surface area contributed by atoms with Crippen molar-refractivity contribution in [2.24, 2.45) is 5.73 Å². The maximum atomic E-state index is 11.1. The predicted molar refractivity (Wildman–Crippen MR) is 81.1 cm³/mol. The van der Waals surface area contributed by atoms with Crippen LogP contribution in [-0.2, 0) is 13.0 Å². The molecule has 0 saturated carbocycles. The first-order chi connectivity index (χ1) is 10.6. The summed E-state index contributed by atoms with van der Waals surface area (Å²) in [6.45, 7) is 2.38. The number of aromatic nitrogens is 3. The normalized spacial score (nSPS) is 10.7. The van der Waals surface area contributed by atoms with E-state index < -0.39 is 4.92 Å². The standard InChI is InChI=1S/C14H19N5O3/c1-3-4-5-12-11(9-15)16-17-18(12)10-6-7-14(22-2)13(8-10)19(20)21/h6-8H,3-5,9,15H2,1-2H3. The first-order valence-electron chi connectivity index (χ1n) is 7.08. The zero-order valence-corrected chi connectivity index (χ0v) is 12.7. The number of hydrogen-bond donors (Lipinski definition) is 1. The highest BCUT2D eigenvalue weighted by Gasteiger charge is 2.19. The molecule has 8 nitrogen and oxygen atoms in total. The molecule has 118 valence electrons. The molecule has 22 heavy (non-hydrogen) atoms. The molecule has 0 saturated heterocycles. The Bertz CT molecular complexity index is 668. The van der Waals surface area contributed by atoms with Crippen molar-refractivity contribution in [2.75, 3.05) is 7.11 Å². The van der Waals surface area contributed by atoms with Gasteiger partial charge < -0.3 is 10.5 Å². The lowest BCUT2D eigenvalue weighted by Crippen LogP contribution is -2.07. The van der Waals surface area contributed by atoms with Crippen LogP contribution in [0.5, 0.6) is 5.75 Å². The van der Waals surface area contributed by atoms with E-state index >= 15 is 0 Å². The molecular weight excluding hydrogens is 286 g/mol. The molecule has 0 atom stereocenters. The average molecular weight is 305 g/mol. The van der Waals surface area contributed by atoms with Gasteiger partial charge in [0.2, 0.25) is 0 Å². The summed E-state index contributed by atoms with van der Waals surface area (Å²) in [6, 6.07) is 4.71. The Morgan fingerprint density at radius 2 is 2.23 bits per heavy atom. The Balaban J connectivity index is 2.49. The molecule has 2 aromatic rings. The molecular formula is C14H19N5O3. The first-order valence-corrected chi connectivity index (χ1v) is 7.08. The molecule has 0 spiro atoms. The van der Waals surface area contributed by atoms with Gasteiger partial charge in [-0.05, 0) is 25.0 Å². The fraction of sp³-hybridized carbons (Fsp3) is 0.429. The third kappa shape index (κ3) is 3.06. The van der Waals surface area contributed by atoms with Crippen molar-refractivity contribution in [3.05, 3.63) is 39.7 Å². The second kappa shape index (κ2) is 6.99. The number of hydrogen-bond acceptors (Lipinski definition) is 6. The van der Waals surface area contributed by atoms with Crippen molar-refractivity contribution >= 4 is 5.69 Å². The van der Waals surface area contributed by atoms with Gasteiger partial charge in [0.15, 0.2) is 5.75 Å². The Morgan fingerprint density at radius 3 is 2.82 bits per heavy atom. The van der Waals surface area contributed by atoms with Crippen molar-refractivity contribution < 1.29 is 9.66 Å². The summed E-state index contributed by atoms with van der Waals surface area (Å²) in [4.78, 5) is 10.7. The van der Waals surface area contributed by atoms with Crippen LogP contribution in [0.2, 0.25) is 0 Å². The van der Waals surface area contributed by atoms with E-state index in [0.717, 1.165) is 25.0 Å². The molecule has 0 aliphatic heterocycles. The molecule has 1 heterocycles. The number of nitrogens with two attached hydrogens (primary N) is 1. The van der Waals surface area contributed by atoms with Crippen molar-refractivity contribution in [3.8, 4) is 11.4 Å². The summed E-state index contributed by atoms with van der Waals surface area (Å²) in [5.41, 5.74) is 7.77. The van der Waals surface area contributed by atoms with E-state index in [1.165, 1.54) is 13.2 Å². The highest BCUT2D eigenvalue weighted by molar-refractivity contribution is 5.53. The maximum absolute atomic E-state index is 11.1. The predicted octanol–water partition coefficient (Wildman–Crippen LogP) is 1.99. The van der Waals surface area contributed by atoms with Crippen LogP contribution in [0.15, 0.2) is 18.2 Å². The zero-order chi connectivity index (χ0) is 16.1. The van der Waals surface area contributed by atoms with Crippen LogP contribution >= 0.6 is 0 Å². The summed E-state index contributed by atoms with van der Waals surface area (Å²) in [7, 11) is 1.40. The highest BCUT2D eigenvalue weighted by Crippen LogP contribution is 2.29. The lowest BCUT2D eigenvalue weighted by molar-refractivity contribution is -0.385. The first kappa shape index (κ1) is 15.9. The minimum atomic E-state index is -0.477. The SMILES string of the molecule is CCCCc1c(CN)nnn1-c1ccc(OC)c([N+](=O)[O-])c1. The van der Waals surface area contributed by atoms with Gasteiger partial charge in [0.25, 0.3) is 0 Å². The Hall–Kier alpha value is -2.48. The van der Waals surface area contributed by atoms with Gasteiger partial charge in [-0.3, -0.25) is 10.1 Å². The number of benzene rings is 1. The average Bonchev–Trinajstić information content (AvgIpc) is 2.94. The van der Waals surface area contributed by atoms with E-state index in [1.807, 2.05) is 0 Å². The number of nitro benzene ring substituents is 1. The minimum absolute atomic E-state index is 0.105. The summed E-state index contributed by atoms with van der Waals surface area (Å²) in [6.07, 6.45) is 2.77. The van der Waals surface area contributed by atoms with Crippen molar-refractivity contribution in [3.63, 3.8) is 0 Å². The summed E-state index contributed by atoms with van der Waals surface area (Å²) in [5.74, 6) is 0.211. The molecule has 8 heteroatoms. The van der Waals surface area contributed by atoms with Gasteiger partial charge in [0.1, 0.15) is 0 Å². The third-order valence-corrected chi connectivity index (χ3v) is 3.41. The van der Waals surface area contributed by atoms with Crippen molar-refractivity contribution in [1.29, 1.82) is 0 Å². The van der Waals surface area contributed by atoms with Crippen LogP contribution < -0.4 is 10.5 Å². The molecule has 1 aromatic heterocycles.